The lowest BCUT2D eigenvalue weighted by atomic mass is 10.1. The lowest BCUT2D eigenvalue weighted by Crippen LogP contribution is -2.43. The Bertz CT molecular complexity index is 1130. The third-order valence-corrected chi connectivity index (χ3v) is 8.20. The molecule has 0 radical (unpaired) electrons. The van der Waals surface area contributed by atoms with E-state index in [0.717, 1.165) is 30.0 Å². The Labute approximate surface area is 193 Å². The second-order valence-electron chi connectivity index (χ2n) is 8.34. The Kier molecular flexibility index (Phi) is 6.44. The molecule has 2 aromatic rings. The van der Waals surface area contributed by atoms with Crippen molar-refractivity contribution < 1.29 is 18.0 Å². The highest BCUT2D eigenvalue weighted by Crippen LogP contribution is 2.33. The van der Waals surface area contributed by atoms with Crippen LogP contribution in [0.25, 0.3) is 0 Å². The third-order valence-electron chi connectivity index (χ3n) is 6.20. The quantitative estimate of drug-likeness (QED) is 0.639. The van der Waals surface area contributed by atoms with Gasteiger partial charge in [-0.2, -0.15) is 0 Å². The van der Waals surface area contributed by atoms with Gasteiger partial charge in [0.25, 0.3) is 15.9 Å². The topological polar surface area (TPSA) is 86.8 Å². The van der Waals surface area contributed by atoms with E-state index in [9.17, 15) is 18.0 Å². The van der Waals surface area contributed by atoms with Gasteiger partial charge in [0.1, 0.15) is 4.90 Å². The van der Waals surface area contributed by atoms with Crippen molar-refractivity contribution in [2.24, 2.45) is 0 Å². The highest BCUT2D eigenvalue weighted by molar-refractivity contribution is 7.90. The van der Waals surface area contributed by atoms with Crippen molar-refractivity contribution in [2.45, 2.75) is 56.0 Å². The molecule has 1 aliphatic heterocycles. The zero-order valence-electron chi connectivity index (χ0n) is 17.9. The number of carbonyl (C=O) groups excluding carboxylic acids is 2. The van der Waals surface area contributed by atoms with Gasteiger partial charge in [-0.1, -0.05) is 49.4 Å². The van der Waals surface area contributed by atoms with Crippen LogP contribution in [0.2, 0.25) is 5.02 Å². The van der Waals surface area contributed by atoms with Gasteiger partial charge in [0.05, 0.1) is 12.2 Å². The van der Waals surface area contributed by atoms with Crippen LogP contribution in [0.3, 0.4) is 0 Å². The zero-order valence-corrected chi connectivity index (χ0v) is 19.5. The standard InChI is InChI=1S/C23H26ClN3O4S/c1-26(19-6-4-2-3-5-7-19)22(28)17-10-8-16(9-11-17)15-27-23(29)25-20-13-12-18(24)14-21(20)32(27,30)31/h8-14,19H,2-7,15H2,1H3,(H,25,29). The average Bonchev–Trinajstić information content (AvgIpc) is 3.06. The maximum absolute atomic E-state index is 13.0. The van der Waals surface area contributed by atoms with E-state index in [-0.39, 0.29) is 34.1 Å². The summed E-state index contributed by atoms with van der Waals surface area (Å²) < 4.78 is 26.7. The van der Waals surface area contributed by atoms with Gasteiger partial charge >= 0.3 is 6.03 Å². The maximum Gasteiger partial charge on any atom is 0.336 e. The molecule has 2 aromatic carbocycles. The van der Waals surface area contributed by atoms with Gasteiger partial charge in [-0.05, 0) is 48.7 Å². The zero-order chi connectivity index (χ0) is 22.9. The Morgan fingerprint density at radius 2 is 1.75 bits per heavy atom. The summed E-state index contributed by atoms with van der Waals surface area (Å²) in [6, 6.07) is 10.6. The summed E-state index contributed by atoms with van der Waals surface area (Å²) >= 11 is 5.95. The molecule has 170 valence electrons. The normalized spacial score (nSPS) is 18.4. The Morgan fingerprint density at radius 1 is 1.09 bits per heavy atom. The van der Waals surface area contributed by atoms with Crippen LogP contribution >= 0.6 is 11.6 Å². The molecule has 32 heavy (non-hydrogen) atoms. The van der Waals surface area contributed by atoms with Crippen LogP contribution < -0.4 is 5.32 Å². The van der Waals surface area contributed by atoms with Gasteiger partial charge in [0.15, 0.2) is 0 Å². The van der Waals surface area contributed by atoms with E-state index >= 15 is 0 Å². The number of nitrogens with zero attached hydrogens (tertiary/aromatic N) is 2. The minimum absolute atomic E-state index is 0.0403. The Morgan fingerprint density at radius 3 is 2.41 bits per heavy atom. The van der Waals surface area contributed by atoms with Crippen molar-refractivity contribution in [3.8, 4) is 0 Å². The molecule has 7 nitrogen and oxygen atoms in total. The first kappa shape index (κ1) is 22.6. The fraction of sp³-hybridized carbons (Fsp3) is 0.391. The van der Waals surface area contributed by atoms with E-state index in [4.69, 9.17) is 11.6 Å². The minimum atomic E-state index is -4.05. The van der Waals surface area contributed by atoms with Crippen molar-refractivity contribution >= 4 is 39.2 Å². The molecule has 1 fully saturated rings. The fourth-order valence-corrected chi connectivity index (χ4v) is 6.04. The van der Waals surface area contributed by atoms with Gasteiger partial charge in [-0.25, -0.2) is 17.5 Å². The van der Waals surface area contributed by atoms with Gasteiger partial charge < -0.3 is 10.2 Å². The first-order valence-corrected chi connectivity index (χ1v) is 12.6. The van der Waals surface area contributed by atoms with Gasteiger partial charge in [0, 0.05) is 23.7 Å². The number of sulfonamides is 1. The molecule has 4 rings (SSSR count). The summed E-state index contributed by atoms with van der Waals surface area (Å²) in [7, 11) is -2.20. The number of amides is 3. The van der Waals surface area contributed by atoms with E-state index in [1.165, 1.54) is 31.0 Å². The van der Waals surface area contributed by atoms with Gasteiger partial charge in [-0.3, -0.25) is 4.79 Å². The second kappa shape index (κ2) is 9.11. The maximum atomic E-state index is 13.0. The molecule has 9 heteroatoms. The Hall–Kier alpha value is -2.58. The summed E-state index contributed by atoms with van der Waals surface area (Å²) in [4.78, 5) is 27.2. The summed E-state index contributed by atoms with van der Waals surface area (Å²) in [5.41, 5.74) is 1.35. The van der Waals surface area contributed by atoms with E-state index in [2.05, 4.69) is 5.32 Å². The number of urea groups is 1. The van der Waals surface area contributed by atoms with Crippen molar-refractivity contribution in [3.05, 3.63) is 58.6 Å². The van der Waals surface area contributed by atoms with E-state index in [1.807, 2.05) is 11.9 Å². The number of anilines is 1. The Balaban J connectivity index is 1.50. The molecule has 1 aliphatic carbocycles. The molecule has 1 N–H and O–H groups in total. The molecule has 1 heterocycles. The number of benzene rings is 2. The molecular formula is C23H26ClN3O4S. The van der Waals surface area contributed by atoms with Crippen LogP contribution in [0.4, 0.5) is 10.5 Å². The number of hydrogen-bond acceptors (Lipinski definition) is 4. The van der Waals surface area contributed by atoms with Crippen LogP contribution in [0, 0.1) is 0 Å². The predicted molar refractivity (Wildman–Crippen MR) is 123 cm³/mol. The minimum Gasteiger partial charge on any atom is -0.339 e. The van der Waals surface area contributed by atoms with Crippen LogP contribution in [-0.2, 0) is 16.6 Å². The van der Waals surface area contributed by atoms with Crippen molar-refractivity contribution in [2.75, 3.05) is 12.4 Å². The predicted octanol–water partition coefficient (Wildman–Crippen LogP) is 4.87. The molecule has 0 unspecified atom stereocenters. The largest absolute Gasteiger partial charge is 0.339 e. The molecule has 0 saturated heterocycles. The van der Waals surface area contributed by atoms with Crippen LogP contribution in [0.1, 0.15) is 54.4 Å². The molecule has 0 aromatic heterocycles. The second-order valence-corrected chi connectivity index (χ2v) is 10.6. The van der Waals surface area contributed by atoms with E-state index in [1.54, 1.807) is 24.3 Å². The van der Waals surface area contributed by atoms with Crippen LogP contribution in [0.15, 0.2) is 47.4 Å². The lowest BCUT2D eigenvalue weighted by Gasteiger charge is -2.29. The highest BCUT2D eigenvalue weighted by atomic mass is 35.5. The third kappa shape index (κ3) is 4.47. The summed E-state index contributed by atoms with van der Waals surface area (Å²) in [5, 5.41) is 2.86. The molecule has 3 amide bonds. The molecule has 0 atom stereocenters. The number of nitrogens with one attached hydrogen (secondary N) is 1. The van der Waals surface area contributed by atoms with Crippen molar-refractivity contribution in [1.29, 1.82) is 0 Å². The average molecular weight is 476 g/mol. The number of hydrogen-bond donors (Lipinski definition) is 1. The van der Waals surface area contributed by atoms with E-state index in [0.29, 0.717) is 11.1 Å². The van der Waals surface area contributed by atoms with Crippen LogP contribution in [-0.4, -0.2) is 42.7 Å². The van der Waals surface area contributed by atoms with Gasteiger partial charge in [-0.15, -0.1) is 0 Å². The first-order chi connectivity index (χ1) is 15.3. The molecule has 0 bridgehead atoms. The summed E-state index contributed by atoms with van der Waals surface area (Å²) in [6.07, 6.45) is 6.76. The van der Waals surface area contributed by atoms with Gasteiger partial charge in [0.2, 0.25) is 0 Å². The van der Waals surface area contributed by atoms with E-state index < -0.39 is 16.1 Å². The molecule has 0 spiro atoms. The lowest BCUT2D eigenvalue weighted by molar-refractivity contribution is 0.0717. The van der Waals surface area contributed by atoms with Crippen molar-refractivity contribution in [3.63, 3.8) is 0 Å². The molecule has 1 saturated carbocycles. The number of carbonyl (C=O) groups is 2. The highest BCUT2D eigenvalue weighted by Gasteiger charge is 2.36. The fourth-order valence-electron chi connectivity index (χ4n) is 4.31. The first-order valence-electron chi connectivity index (χ1n) is 10.8. The summed E-state index contributed by atoms with van der Waals surface area (Å²) in [6.45, 7) is -0.146. The molecule has 2 aliphatic rings. The van der Waals surface area contributed by atoms with Crippen LogP contribution in [0.5, 0.6) is 0 Å². The van der Waals surface area contributed by atoms with Crippen molar-refractivity contribution in [1.82, 2.24) is 9.21 Å². The molecular weight excluding hydrogens is 450 g/mol. The number of fused-ring (bicyclic) bond motifs is 1. The smallest absolute Gasteiger partial charge is 0.336 e. The monoisotopic (exact) mass is 475 g/mol. The summed E-state index contributed by atoms with van der Waals surface area (Å²) in [5.74, 6) is -0.0460. The number of rotatable bonds is 4. The number of halogens is 1. The SMILES string of the molecule is CN(C(=O)c1ccc(CN2C(=O)Nc3ccc(Cl)cc3S2(=O)=O)cc1)C1CCCCCC1.